The van der Waals surface area contributed by atoms with E-state index in [0.717, 1.165) is 19.5 Å². The van der Waals surface area contributed by atoms with Crippen molar-refractivity contribution in [3.8, 4) is 0 Å². The molecule has 130 valence electrons. The van der Waals surface area contributed by atoms with Gasteiger partial charge >= 0.3 is 6.09 Å². The average Bonchev–Trinajstić information content (AvgIpc) is 2.23. The standard InChI is InChI=1S/C16H34N2O3Si/c1-15(2,3)20-14(19)18-12-9-13(11-17-10-12)21-22(7,8)16(4,5)6/h12-13,17H,9-11H2,1-8H3,(H,18,19)/t12-,13-/m1/s1. The number of hydrogen-bond acceptors (Lipinski definition) is 4. The van der Waals surface area contributed by atoms with Gasteiger partial charge in [-0.3, -0.25) is 0 Å². The predicted octanol–water partition coefficient (Wildman–Crippen LogP) is 3.26. The molecule has 0 spiro atoms. The van der Waals surface area contributed by atoms with Gasteiger partial charge in [0.2, 0.25) is 0 Å². The molecule has 1 amide bonds. The Labute approximate surface area is 136 Å². The van der Waals surface area contributed by atoms with Gasteiger partial charge in [-0.25, -0.2) is 4.79 Å². The summed E-state index contributed by atoms with van der Waals surface area (Å²) < 4.78 is 11.8. The highest BCUT2D eigenvalue weighted by molar-refractivity contribution is 6.74. The van der Waals surface area contributed by atoms with Crippen molar-refractivity contribution in [2.24, 2.45) is 0 Å². The lowest BCUT2D eigenvalue weighted by atomic mass is 10.1. The fourth-order valence-electron chi connectivity index (χ4n) is 2.17. The fraction of sp³-hybridized carbons (Fsp3) is 0.938. The van der Waals surface area contributed by atoms with Gasteiger partial charge < -0.3 is 19.8 Å². The molecular formula is C16H34N2O3Si. The van der Waals surface area contributed by atoms with Crippen LogP contribution in [0.15, 0.2) is 0 Å². The molecular weight excluding hydrogens is 296 g/mol. The molecule has 0 saturated carbocycles. The summed E-state index contributed by atoms with van der Waals surface area (Å²) in [5.74, 6) is 0. The van der Waals surface area contributed by atoms with Gasteiger partial charge in [-0.1, -0.05) is 20.8 Å². The minimum atomic E-state index is -1.78. The monoisotopic (exact) mass is 330 g/mol. The molecule has 2 N–H and O–H groups in total. The van der Waals surface area contributed by atoms with Crippen molar-refractivity contribution in [2.45, 2.75) is 83.8 Å². The van der Waals surface area contributed by atoms with Gasteiger partial charge in [-0.2, -0.15) is 0 Å². The molecule has 1 fully saturated rings. The molecule has 0 aromatic carbocycles. The van der Waals surface area contributed by atoms with Gasteiger partial charge in [-0.15, -0.1) is 0 Å². The molecule has 5 nitrogen and oxygen atoms in total. The maximum atomic E-state index is 11.9. The van der Waals surface area contributed by atoms with Gasteiger partial charge in [0.1, 0.15) is 5.60 Å². The molecule has 0 bridgehead atoms. The zero-order valence-electron chi connectivity index (χ0n) is 15.5. The largest absolute Gasteiger partial charge is 0.444 e. The second-order valence-corrected chi connectivity index (χ2v) is 13.5. The van der Waals surface area contributed by atoms with Crippen LogP contribution >= 0.6 is 0 Å². The second kappa shape index (κ2) is 6.89. The molecule has 0 aromatic heterocycles. The Morgan fingerprint density at radius 1 is 1.14 bits per heavy atom. The summed E-state index contributed by atoms with van der Waals surface area (Å²) in [6.07, 6.45) is 0.625. The molecule has 1 saturated heterocycles. The lowest BCUT2D eigenvalue weighted by Gasteiger charge is -2.41. The van der Waals surface area contributed by atoms with E-state index in [2.05, 4.69) is 44.5 Å². The van der Waals surface area contributed by atoms with Crippen LogP contribution in [0.25, 0.3) is 0 Å². The van der Waals surface area contributed by atoms with E-state index in [4.69, 9.17) is 9.16 Å². The normalized spacial score (nSPS) is 24.0. The Morgan fingerprint density at radius 3 is 2.23 bits per heavy atom. The van der Waals surface area contributed by atoms with Crippen molar-refractivity contribution in [3.05, 3.63) is 0 Å². The Kier molecular flexibility index (Phi) is 6.09. The van der Waals surface area contributed by atoms with Crippen molar-refractivity contribution in [2.75, 3.05) is 13.1 Å². The topological polar surface area (TPSA) is 59.6 Å². The summed E-state index contributed by atoms with van der Waals surface area (Å²) in [5, 5.41) is 6.49. The zero-order chi connectivity index (χ0) is 17.2. The molecule has 0 aliphatic carbocycles. The number of alkyl carbamates (subject to hydrolysis) is 1. The van der Waals surface area contributed by atoms with E-state index in [9.17, 15) is 4.79 Å². The second-order valence-electron chi connectivity index (χ2n) is 8.74. The van der Waals surface area contributed by atoms with E-state index < -0.39 is 13.9 Å². The van der Waals surface area contributed by atoms with Crippen molar-refractivity contribution >= 4 is 14.4 Å². The highest BCUT2D eigenvalue weighted by Crippen LogP contribution is 2.37. The number of hydrogen-bond donors (Lipinski definition) is 2. The molecule has 0 unspecified atom stereocenters. The highest BCUT2D eigenvalue weighted by atomic mass is 28.4. The summed E-state index contributed by atoms with van der Waals surface area (Å²) in [4.78, 5) is 11.9. The molecule has 6 heteroatoms. The van der Waals surface area contributed by atoms with E-state index in [1.54, 1.807) is 0 Å². The van der Waals surface area contributed by atoms with Crippen LogP contribution in [0.1, 0.15) is 48.0 Å². The Morgan fingerprint density at radius 2 is 1.73 bits per heavy atom. The van der Waals surface area contributed by atoms with Crippen LogP contribution < -0.4 is 10.6 Å². The first kappa shape index (κ1) is 19.5. The van der Waals surface area contributed by atoms with Crippen LogP contribution in [0, 0.1) is 0 Å². The Hall–Kier alpha value is -0.593. The highest BCUT2D eigenvalue weighted by Gasteiger charge is 2.40. The smallest absolute Gasteiger partial charge is 0.407 e. The average molecular weight is 331 g/mol. The number of nitrogens with one attached hydrogen (secondary N) is 2. The molecule has 1 heterocycles. The molecule has 22 heavy (non-hydrogen) atoms. The molecule has 1 aliphatic rings. The third-order valence-electron chi connectivity index (χ3n) is 4.30. The first-order valence-corrected chi connectivity index (χ1v) is 11.1. The van der Waals surface area contributed by atoms with E-state index in [1.807, 2.05) is 20.8 Å². The summed E-state index contributed by atoms with van der Waals surface area (Å²) in [6.45, 7) is 18.5. The molecule has 2 atom stereocenters. The van der Waals surface area contributed by atoms with E-state index in [1.165, 1.54) is 0 Å². The van der Waals surface area contributed by atoms with Crippen LogP contribution in [0.2, 0.25) is 18.1 Å². The van der Waals surface area contributed by atoms with Crippen molar-refractivity contribution < 1.29 is 14.0 Å². The lowest BCUT2D eigenvalue weighted by molar-refractivity contribution is 0.0468. The molecule has 0 radical (unpaired) electrons. The Bertz CT molecular complexity index is 386. The van der Waals surface area contributed by atoms with Gasteiger partial charge in [0, 0.05) is 19.1 Å². The minimum absolute atomic E-state index is 0.0540. The zero-order valence-corrected chi connectivity index (χ0v) is 16.5. The molecule has 1 rings (SSSR count). The molecule has 1 aliphatic heterocycles. The number of ether oxygens (including phenoxy) is 1. The first-order valence-electron chi connectivity index (χ1n) is 8.18. The van der Waals surface area contributed by atoms with Crippen LogP contribution in [-0.4, -0.2) is 45.2 Å². The number of carbonyl (C=O) groups is 1. The number of rotatable bonds is 3. The summed E-state index contributed by atoms with van der Waals surface area (Å²) in [6, 6.07) is 0.0540. The quantitative estimate of drug-likeness (QED) is 0.780. The third-order valence-corrected chi connectivity index (χ3v) is 8.83. The number of carbonyl (C=O) groups excluding carboxylic acids is 1. The van der Waals surface area contributed by atoms with E-state index >= 15 is 0 Å². The summed E-state index contributed by atoms with van der Waals surface area (Å²) in [7, 11) is -1.78. The van der Waals surface area contributed by atoms with Crippen molar-refractivity contribution in [1.82, 2.24) is 10.6 Å². The van der Waals surface area contributed by atoms with E-state index in [-0.39, 0.29) is 23.3 Å². The number of piperidine rings is 1. The van der Waals surface area contributed by atoms with Crippen molar-refractivity contribution in [1.29, 1.82) is 0 Å². The van der Waals surface area contributed by atoms with Gasteiger partial charge in [0.25, 0.3) is 0 Å². The van der Waals surface area contributed by atoms with Crippen molar-refractivity contribution in [3.63, 3.8) is 0 Å². The minimum Gasteiger partial charge on any atom is -0.444 e. The van der Waals surface area contributed by atoms with Crippen LogP contribution in [0.4, 0.5) is 4.79 Å². The van der Waals surface area contributed by atoms with Crippen LogP contribution in [0.3, 0.4) is 0 Å². The van der Waals surface area contributed by atoms with Crippen LogP contribution in [0.5, 0.6) is 0 Å². The molecule has 0 aromatic rings. The van der Waals surface area contributed by atoms with Gasteiger partial charge in [0.05, 0.1) is 6.10 Å². The lowest BCUT2D eigenvalue weighted by Crippen LogP contribution is -2.55. The number of amides is 1. The maximum Gasteiger partial charge on any atom is 0.407 e. The van der Waals surface area contributed by atoms with E-state index in [0.29, 0.717) is 0 Å². The van der Waals surface area contributed by atoms with Gasteiger partial charge in [0.15, 0.2) is 8.32 Å². The fourth-order valence-corrected chi connectivity index (χ4v) is 3.54. The summed E-state index contributed by atoms with van der Waals surface area (Å²) >= 11 is 0. The predicted molar refractivity (Wildman–Crippen MR) is 92.7 cm³/mol. The Balaban J connectivity index is 2.53. The third kappa shape index (κ3) is 6.26. The summed E-state index contributed by atoms with van der Waals surface area (Å²) in [5.41, 5.74) is -0.469. The SMILES string of the molecule is CC(C)(C)OC(=O)N[C@H]1CNC[C@H](O[Si](C)(C)C(C)(C)C)C1. The first-order chi connectivity index (χ1) is 9.80. The van der Waals surface area contributed by atoms with Crippen LogP contribution in [-0.2, 0) is 9.16 Å². The van der Waals surface area contributed by atoms with Gasteiger partial charge in [-0.05, 0) is 45.3 Å². The maximum absolute atomic E-state index is 11.9.